The molecule has 0 aromatic heterocycles. The number of carbonyl (C=O) groups is 2. The number of rotatable bonds is 7. The number of nitrogens with zero attached hydrogens (tertiary/aromatic N) is 1. The first-order valence-electron chi connectivity index (χ1n) is 9.64. The summed E-state index contributed by atoms with van der Waals surface area (Å²) in [5.74, 6) is 0.375. The average molecular weight is 381 g/mol. The fourth-order valence-electron chi connectivity index (χ4n) is 3.36. The number of ether oxygens (including phenoxy) is 1. The Bertz CT molecular complexity index is 784. The number of hydrogen-bond donors (Lipinski definition) is 2. The van der Waals surface area contributed by atoms with E-state index in [1.165, 1.54) is 0 Å². The van der Waals surface area contributed by atoms with E-state index in [9.17, 15) is 9.59 Å². The quantitative estimate of drug-likeness (QED) is 0.772. The summed E-state index contributed by atoms with van der Waals surface area (Å²) in [5.41, 5.74) is 7.21. The van der Waals surface area contributed by atoms with Crippen LogP contribution in [0.5, 0.6) is 5.75 Å². The molecule has 0 radical (unpaired) electrons. The van der Waals surface area contributed by atoms with Crippen molar-refractivity contribution in [3.63, 3.8) is 0 Å². The number of anilines is 1. The summed E-state index contributed by atoms with van der Waals surface area (Å²) in [4.78, 5) is 25.9. The third-order valence-corrected chi connectivity index (χ3v) is 5.23. The lowest BCUT2D eigenvalue weighted by molar-refractivity contribution is -0.124. The third kappa shape index (κ3) is 5.33. The zero-order valence-corrected chi connectivity index (χ0v) is 16.1. The molecule has 6 nitrogen and oxygen atoms in total. The monoisotopic (exact) mass is 381 g/mol. The van der Waals surface area contributed by atoms with Crippen LogP contribution in [0.25, 0.3) is 0 Å². The number of benzene rings is 2. The highest BCUT2D eigenvalue weighted by Crippen LogP contribution is 2.20. The fraction of sp³-hybridized carbons (Fsp3) is 0.364. The molecule has 1 aliphatic heterocycles. The largest absolute Gasteiger partial charge is 0.489 e. The van der Waals surface area contributed by atoms with E-state index in [0.29, 0.717) is 32.5 Å². The fourth-order valence-corrected chi connectivity index (χ4v) is 3.36. The molecule has 0 spiro atoms. The molecule has 1 saturated heterocycles. The summed E-state index contributed by atoms with van der Waals surface area (Å²) in [7, 11) is 0. The molecule has 0 bridgehead atoms. The SMILES string of the molecule is CC(C(=O)Nc1ccc(OCc2ccccc2)cc1)N1CCC(C(N)=O)CC1. The van der Waals surface area contributed by atoms with E-state index in [2.05, 4.69) is 10.2 Å². The Morgan fingerprint density at radius 1 is 1.11 bits per heavy atom. The highest BCUT2D eigenvalue weighted by atomic mass is 16.5. The van der Waals surface area contributed by atoms with Gasteiger partial charge in [0.25, 0.3) is 0 Å². The number of likely N-dealkylation sites (tertiary alicyclic amines) is 1. The van der Waals surface area contributed by atoms with E-state index >= 15 is 0 Å². The summed E-state index contributed by atoms with van der Waals surface area (Å²) in [6, 6.07) is 17.1. The number of nitrogens with two attached hydrogens (primary N) is 1. The summed E-state index contributed by atoms with van der Waals surface area (Å²) in [5, 5.41) is 2.95. The van der Waals surface area contributed by atoms with Gasteiger partial charge < -0.3 is 15.8 Å². The smallest absolute Gasteiger partial charge is 0.241 e. The molecule has 0 aliphatic carbocycles. The molecule has 1 aliphatic rings. The van der Waals surface area contributed by atoms with E-state index in [1.807, 2.05) is 61.5 Å². The molecule has 3 rings (SSSR count). The van der Waals surface area contributed by atoms with Crippen LogP contribution >= 0.6 is 0 Å². The number of hydrogen-bond acceptors (Lipinski definition) is 4. The average Bonchev–Trinajstić information content (AvgIpc) is 2.73. The van der Waals surface area contributed by atoms with E-state index in [4.69, 9.17) is 10.5 Å². The lowest BCUT2D eigenvalue weighted by atomic mass is 9.95. The molecule has 1 atom stereocenters. The van der Waals surface area contributed by atoms with Crippen molar-refractivity contribution in [2.45, 2.75) is 32.4 Å². The summed E-state index contributed by atoms with van der Waals surface area (Å²) in [6.07, 6.45) is 1.42. The van der Waals surface area contributed by atoms with Gasteiger partial charge in [0.2, 0.25) is 11.8 Å². The van der Waals surface area contributed by atoms with Gasteiger partial charge in [0, 0.05) is 11.6 Å². The Morgan fingerprint density at radius 3 is 2.36 bits per heavy atom. The zero-order valence-electron chi connectivity index (χ0n) is 16.1. The Balaban J connectivity index is 1.48. The maximum Gasteiger partial charge on any atom is 0.241 e. The summed E-state index contributed by atoms with van der Waals surface area (Å²) < 4.78 is 5.77. The van der Waals surface area contributed by atoms with Gasteiger partial charge in [-0.2, -0.15) is 0 Å². The highest BCUT2D eigenvalue weighted by Gasteiger charge is 2.28. The third-order valence-electron chi connectivity index (χ3n) is 5.23. The van der Waals surface area contributed by atoms with E-state index in [0.717, 1.165) is 17.0 Å². The molecule has 2 amide bonds. The van der Waals surface area contributed by atoms with E-state index in [-0.39, 0.29) is 23.8 Å². The molecule has 6 heteroatoms. The standard InChI is InChI=1S/C22H27N3O3/c1-16(25-13-11-18(12-14-25)21(23)26)22(27)24-19-7-9-20(10-8-19)28-15-17-5-3-2-4-6-17/h2-10,16,18H,11-15H2,1H3,(H2,23,26)(H,24,27). The molecule has 28 heavy (non-hydrogen) atoms. The van der Waals surface area contributed by atoms with Crippen LogP contribution in [0.4, 0.5) is 5.69 Å². The van der Waals surface area contributed by atoms with Gasteiger partial charge in [-0.05, 0) is 62.7 Å². The summed E-state index contributed by atoms with van der Waals surface area (Å²) in [6.45, 7) is 3.80. The van der Waals surface area contributed by atoms with E-state index < -0.39 is 0 Å². The van der Waals surface area contributed by atoms with E-state index in [1.54, 1.807) is 0 Å². The van der Waals surface area contributed by atoms with Gasteiger partial charge in [-0.1, -0.05) is 30.3 Å². The van der Waals surface area contributed by atoms with Gasteiger partial charge in [-0.25, -0.2) is 0 Å². The Hall–Kier alpha value is -2.86. The van der Waals surface area contributed by atoms with Crippen LogP contribution in [0.2, 0.25) is 0 Å². The molecule has 1 fully saturated rings. The van der Waals surface area contributed by atoms with Gasteiger partial charge in [0.1, 0.15) is 12.4 Å². The van der Waals surface area contributed by atoms with Crippen molar-refractivity contribution in [1.82, 2.24) is 4.90 Å². The highest BCUT2D eigenvalue weighted by molar-refractivity contribution is 5.94. The van der Waals surface area contributed by atoms with Gasteiger partial charge in [-0.15, -0.1) is 0 Å². The number of primary amides is 1. The first-order valence-corrected chi connectivity index (χ1v) is 9.64. The minimum absolute atomic E-state index is 0.0597. The summed E-state index contributed by atoms with van der Waals surface area (Å²) >= 11 is 0. The number of amides is 2. The molecule has 0 saturated carbocycles. The molecular formula is C22H27N3O3. The van der Waals surface area contributed by atoms with Gasteiger partial charge in [0.15, 0.2) is 0 Å². The van der Waals surface area contributed by atoms with Gasteiger partial charge >= 0.3 is 0 Å². The van der Waals surface area contributed by atoms with Crippen LogP contribution in [-0.4, -0.2) is 35.8 Å². The second-order valence-electron chi connectivity index (χ2n) is 7.18. The van der Waals surface area contributed by atoms with Crippen molar-refractivity contribution in [2.24, 2.45) is 11.7 Å². The Morgan fingerprint density at radius 2 is 1.75 bits per heavy atom. The second kappa shape index (κ2) is 9.37. The molecule has 3 N–H and O–H groups in total. The minimum Gasteiger partial charge on any atom is -0.489 e. The molecule has 1 unspecified atom stereocenters. The van der Waals surface area contributed by atoms with Crippen LogP contribution in [0, 0.1) is 5.92 Å². The molecular weight excluding hydrogens is 354 g/mol. The number of piperidine rings is 1. The van der Waals surface area contributed by atoms with Crippen LogP contribution < -0.4 is 15.8 Å². The Labute approximate surface area is 165 Å². The van der Waals surface area contributed by atoms with Crippen LogP contribution in [-0.2, 0) is 16.2 Å². The molecule has 2 aromatic carbocycles. The predicted molar refractivity (Wildman–Crippen MR) is 109 cm³/mol. The van der Waals surface area contributed by atoms with Crippen molar-refractivity contribution in [3.05, 3.63) is 60.2 Å². The van der Waals surface area contributed by atoms with Crippen molar-refractivity contribution < 1.29 is 14.3 Å². The van der Waals surface area contributed by atoms with Crippen LogP contribution in [0.1, 0.15) is 25.3 Å². The Kier molecular flexibility index (Phi) is 6.66. The lowest BCUT2D eigenvalue weighted by Gasteiger charge is -2.34. The van der Waals surface area contributed by atoms with Crippen molar-refractivity contribution >= 4 is 17.5 Å². The molecule has 1 heterocycles. The molecule has 2 aromatic rings. The van der Waals surface area contributed by atoms with Crippen molar-refractivity contribution in [1.29, 1.82) is 0 Å². The molecule has 148 valence electrons. The van der Waals surface area contributed by atoms with Crippen molar-refractivity contribution in [2.75, 3.05) is 18.4 Å². The van der Waals surface area contributed by atoms with Crippen molar-refractivity contribution in [3.8, 4) is 5.75 Å². The number of nitrogens with one attached hydrogen (secondary N) is 1. The first-order chi connectivity index (χ1) is 13.5. The second-order valence-corrected chi connectivity index (χ2v) is 7.18. The normalized spacial score (nSPS) is 16.3. The van der Waals surface area contributed by atoms with Gasteiger partial charge in [0.05, 0.1) is 6.04 Å². The first kappa shape index (κ1) is 19.9. The maximum absolute atomic E-state index is 12.5. The predicted octanol–water partition coefficient (Wildman–Crippen LogP) is 2.79. The van der Waals surface area contributed by atoms with Crippen LogP contribution in [0.15, 0.2) is 54.6 Å². The topological polar surface area (TPSA) is 84.7 Å². The zero-order chi connectivity index (χ0) is 19.9. The lowest BCUT2D eigenvalue weighted by Crippen LogP contribution is -2.47. The van der Waals surface area contributed by atoms with Crippen LogP contribution in [0.3, 0.4) is 0 Å². The van der Waals surface area contributed by atoms with Gasteiger partial charge in [-0.3, -0.25) is 14.5 Å². The number of carbonyl (C=O) groups excluding carboxylic acids is 2. The minimum atomic E-state index is -0.261. The maximum atomic E-state index is 12.5.